The molecule has 0 radical (unpaired) electrons. The molecule has 1 aromatic carbocycles. The van der Waals surface area contributed by atoms with Gasteiger partial charge in [-0.05, 0) is 47.2 Å². The summed E-state index contributed by atoms with van der Waals surface area (Å²) >= 11 is 1.78. The van der Waals surface area contributed by atoms with Gasteiger partial charge in [-0.25, -0.2) is 9.18 Å². The number of benzene rings is 1. The number of hydrogen-bond donors (Lipinski definition) is 2. The van der Waals surface area contributed by atoms with Crippen molar-refractivity contribution < 1.29 is 28.6 Å². The van der Waals surface area contributed by atoms with Crippen molar-refractivity contribution in [2.24, 2.45) is 0 Å². The second-order valence-electron chi connectivity index (χ2n) is 4.10. The van der Waals surface area contributed by atoms with Crippen molar-refractivity contribution in [2.45, 2.75) is 18.9 Å². The fraction of sp³-hybridized carbons (Fsp3) is 0.308. The lowest BCUT2D eigenvalue weighted by atomic mass is 10.1. The maximum Gasteiger partial charge on any atom is 0.326 e. The first-order valence-corrected chi connectivity index (χ1v) is 6.98. The number of rotatable bonds is 6. The number of aliphatic carboxylic acids is 1. The van der Waals surface area contributed by atoms with Gasteiger partial charge in [0.05, 0.1) is 12.7 Å². The number of ether oxygens (including phenoxy) is 1. The van der Waals surface area contributed by atoms with Gasteiger partial charge in [0.2, 0.25) is 0 Å². The lowest BCUT2D eigenvalue weighted by molar-refractivity contribution is -0.142. The summed E-state index contributed by atoms with van der Waals surface area (Å²) in [6.45, 7) is 0. The Balaban J connectivity index is 2.76. The average molecular weight is 409 g/mol. The number of hydrogen-bond acceptors (Lipinski definition) is 4. The Hall–Kier alpha value is -1.71. The SMILES string of the molecule is COC(=O)CC[C@@H](NC(=O)c1ccc(F)cc1I)C(=O)O. The van der Waals surface area contributed by atoms with Crippen molar-refractivity contribution in [3.63, 3.8) is 0 Å². The number of amides is 1. The molecule has 0 aliphatic rings. The van der Waals surface area contributed by atoms with E-state index in [1.165, 1.54) is 19.2 Å². The van der Waals surface area contributed by atoms with Crippen LogP contribution in [0, 0.1) is 9.39 Å². The van der Waals surface area contributed by atoms with E-state index in [1.807, 2.05) is 0 Å². The maximum atomic E-state index is 13.0. The molecule has 1 aromatic rings. The molecule has 0 heterocycles. The fourth-order valence-corrected chi connectivity index (χ4v) is 2.25. The second kappa shape index (κ2) is 7.91. The highest BCUT2D eigenvalue weighted by Crippen LogP contribution is 2.14. The molecule has 21 heavy (non-hydrogen) atoms. The van der Waals surface area contributed by atoms with Gasteiger partial charge in [0, 0.05) is 9.99 Å². The van der Waals surface area contributed by atoms with Crippen molar-refractivity contribution >= 4 is 40.4 Å². The van der Waals surface area contributed by atoms with Gasteiger partial charge >= 0.3 is 11.9 Å². The third-order valence-corrected chi connectivity index (χ3v) is 3.54. The molecule has 0 spiro atoms. The standard InChI is InChI=1S/C13H13FINO5/c1-21-11(17)5-4-10(13(19)20)16-12(18)8-3-2-7(14)6-9(8)15/h2-3,6,10H,4-5H2,1H3,(H,16,18)(H,19,20)/t10-/m1/s1. The van der Waals surface area contributed by atoms with Crippen molar-refractivity contribution in [3.05, 3.63) is 33.1 Å². The number of carbonyl (C=O) groups excluding carboxylic acids is 2. The molecule has 6 nitrogen and oxygen atoms in total. The van der Waals surface area contributed by atoms with E-state index >= 15 is 0 Å². The van der Waals surface area contributed by atoms with E-state index in [4.69, 9.17) is 5.11 Å². The summed E-state index contributed by atoms with van der Waals surface area (Å²) in [7, 11) is 1.19. The molecule has 0 saturated heterocycles. The minimum Gasteiger partial charge on any atom is -0.480 e. The smallest absolute Gasteiger partial charge is 0.326 e. The highest BCUT2D eigenvalue weighted by molar-refractivity contribution is 14.1. The van der Waals surface area contributed by atoms with E-state index in [0.717, 1.165) is 6.07 Å². The van der Waals surface area contributed by atoms with Crippen LogP contribution in [-0.4, -0.2) is 36.1 Å². The minimum absolute atomic E-state index is 0.0917. The number of methoxy groups -OCH3 is 1. The molecule has 0 aliphatic carbocycles. The van der Waals surface area contributed by atoms with Gasteiger partial charge < -0.3 is 15.2 Å². The number of halogens is 2. The molecule has 0 aromatic heterocycles. The molecule has 2 N–H and O–H groups in total. The van der Waals surface area contributed by atoms with E-state index in [9.17, 15) is 18.8 Å². The third-order valence-electron chi connectivity index (χ3n) is 2.64. The summed E-state index contributed by atoms with van der Waals surface area (Å²) in [5.74, 6) is -2.95. The first-order chi connectivity index (χ1) is 9.85. The summed E-state index contributed by atoms with van der Waals surface area (Å²) in [4.78, 5) is 34.1. The number of esters is 1. The largest absolute Gasteiger partial charge is 0.480 e. The number of carboxylic acid groups (broad SMARTS) is 1. The fourth-order valence-electron chi connectivity index (χ4n) is 1.53. The van der Waals surface area contributed by atoms with Crippen LogP contribution in [0.4, 0.5) is 4.39 Å². The Labute approximate surface area is 133 Å². The lowest BCUT2D eigenvalue weighted by Gasteiger charge is -2.14. The van der Waals surface area contributed by atoms with Crippen molar-refractivity contribution in [2.75, 3.05) is 7.11 Å². The molecule has 8 heteroatoms. The zero-order valence-corrected chi connectivity index (χ0v) is 13.2. The van der Waals surface area contributed by atoms with Crippen molar-refractivity contribution in [1.29, 1.82) is 0 Å². The van der Waals surface area contributed by atoms with Crippen LogP contribution < -0.4 is 5.32 Å². The molecule has 0 fully saturated rings. The van der Waals surface area contributed by atoms with E-state index in [1.54, 1.807) is 22.6 Å². The van der Waals surface area contributed by atoms with Crippen LogP contribution in [-0.2, 0) is 14.3 Å². The summed E-state index contributed by atoms with van der Waals surface area (Å²) in [5.41, 5.74) is 0.168. The quantitative estimate of drug-likeness (QED) is 0.550. The molecule has 1 rings (SSSR count). The molecule has 1 amide bonds. The van der Waals surface area contributed by atoms with E-state index in [0.29, 0.717) is 3.57 Å². The molecule has 0 saturated carbocycles. The Morgan fingerprint density at radius 1 is 1.43 bits per heavy atom. The predicted octanol–water partition coefficient (Wildman–Crippen LogP) is 1.57. The van der Waals surface area contributed by atoms with E-state index in [2.05, 4.69) is 10.1 Å². The van der Waals surface area contributed by atoms with Crippen LogP contribution in [0.3, 0.4) is 0 Å². The van der Waals surface area contributed by atoms with Gasteiger partial charge in [-0.2, -0.15) is 0 Å². The predicted molar refractivity (Wildman–Crippen MR) is 79.3 cm³/mol. The molecule has 0 unspecified atom stereocenters. The van der Waals surface area contributed by atoms with Gasteiger partial charge in [0.15, 0.2) is 0 Å². The highest BCUT2D eigenvalue weighted by Gasteiger charge is 2.22. The Morgan fingerprint density at radius 3 is 2.62 bits per heavy atom. The summed E-state index contributed by atoms with van der Waals surface area (Å²) < 4.78 is 17.7. The topological polar surface area (TPSA) is 92.7 Å². The van der Waals surface area contributed by atoms with E-state index < -0.39 is 29.7 Å². The summed E-state index contributed by atoms with van der Waals surface area (Å²) in [5, 5.41) is 11.3. The van der Waals surface area contributed by atoms with Crippen molar-refractivity contribution in [1.82, 2.24) is 5.32 Å². The van der Waals surface area contributed by atoms with Crippen molar-refractivity contribution in [3.8, 4) is 0 Å². The zero-order valence-electron chi connectivity index (χ0n) is 11.1. The summed E-state index contributed by atoms with van der Waals surface area (Å²) in [6.07, 6.45) is -0.222. The van der Waals surface area contributed by atoms with Crippen LogP contribution in [0.5, 0.6) is 0 Å². The first kappa shape index (κ1) is 17.3. The normalized spacial score (nSPS) is 11.6. The molecule has 0 aliphatic heterocycles. The van der Waals surface area contributed by atoms with Crippen LogP contribution in [0.15, 0.2) is 18.2 Å². The zero-order chi connectivity index (χ0) is 16.0. The van der Waals surface area contributed by atoms with Gasteiger partial charge in [0.1, 0.15) is 11.9 Å². The Bertz CT molecular complexity index is 563. The summed E-state index contributed by atoms with van der Waals surface area (Å²) in [6, 6.07) is 2.32. The molecular weight excluding hydrogens is 396 g/mol. The van der Waals surface area contributed by atoms with Crippen LogP contribution in [0.2, 0.25) is 0 Å². The maximum absolute atomic E-state index is 13.0. The number of carbonyl (C=O) groups is 3. The van der Waals surface area contributed by atoms with Crippen LogP contribution in [0.25, 0.3) is 0 Å². The minimum atomic E-state index is -1.26. The molecule has 0 bridgehead atoms. The Morgan fingerprint density at radius 2 is 2.10 bits per heavy atom. The molecule has 1 atom stereocenters. The molecule has 114 valence electrons. The Kier molecular flexibility index (Phi) is 6.53. The monoisotopic (exact) mass is 409 g/mol. The van der Waals surface area contributed by atoms with Crippen LogP contribution >= 0.6 is 22.6 Å². The number of carboxylic acids is 1. The first-order valence-electron chi connectivity index (χ1n) is 5.90. The van der Waals surface area contributed by atoms with Gasteiger partial charge in [0.25, 0.3) is 5.91 Å². The van der Waals surface area contributed by atoms with E-state index in [-0.39, 0.29) is 18.4 Å². The molecular formula is C13H13FINO5. The lowest BCUT2D eigenvalue weighted by Crippen LogP contribution is -2.41. The third kappa shape index (κ3) is 5.29. The van der Waals surface area contributed by atoms with Gasteiger partial charge in [-0.1, -0.05) is 0 Å². The number of nitrogens with one attached hydrogen (secondary N) is 1. The van der Waals surface area contributed by atoms with Crippen LogP contribution in [0.1, 0.15) is 23.2 Å². The highest BCUT2D eigenvalue weighted by atomic mass is 127. The second-order valence-corrected chi connectivity index (χ2v) is 5.27. The average Bonchev–Trinajstić information content (AvgIpc) is 2.42. The van der Waals surface area contributed by atoms with Gasteiger partial charge in [-0.3, -0.25) is 9.59 Å². The van der Waals surface area contributed by atoms with Gasteiger partial charge in [-0.15, -0.1) is 0 Å².